The Labute approximate surface area is 170 Å². The molecule has 3 aromatic rings. The molecular weight excluding hydrogens is 398 g/mol. The zero-order chi connectivity index (χ0) is 21.3. The molecule has 0 unspecified atom stereocenters. The van der Waals surface area contributed by atoms with Crippen LogP contribution in [0.3, 0.4) is 0 Å². The SMILES string of the molecule is Cc1nc(-c2c(C)c(C)nn(C)c2=O)sc1C(=O)NCCc1cc(F)cc(F)c1. The van der Waals surface area contributed by atoms with Gasteiger partial charge in [-0.1, -0.05) is 0 Å². The molecule has 1 amide bonds. The van der Waals surface area contributed by atoms with Crippen LogP contribution in [0.1, 0.15) is 32.2 Å². The van der Waals surface area contributed by atoms with Crippen LogP contribution in [0.15, 0.2) is 23.0 Å². The van der Waals surface area contributed by atoms with E-state index >= 15 is 0 Å². The lowest BCUT2D eigenvalue weighted by atomic mass is 10.1. The van der Waals surface area contributed by atoms with Crippen molar-refractivity contribution in [3.05, 3.63) is 67.6 Å². The van der Waals surface area contributed by atoms with E-state index in [9.17, 15) is 18.4 Å². The number of aromatic nitrogens is 3. The Bertz CT molecular complexity index is 1130. The third-order valence-corrected chi connectivity index (χ3v) is 5.74. The lowest BCUT2D eigenvalue weighted by molar-refractivity contribution is 0.0957. The molecule has 0 saturated carbocycles. The molecule has 9 heteroatoms. The highest BCUT2D eigenvalue weighted by atomic mass is 32.1. The summed E-state index contributed by atoms with van der Waals surface area (Å²) >= 11 is 1.13. The normalized spacial score (nSPS) is 11.0. The number of carbonyl (C=O) groups excluding carboxylic acids is 1. The number of nitrogens with one attached hydrogen (secondary N) is 1. The highest BCUT2D eigenvalue weighted by molar-refractivity contribution is 7.17. The lowest BCUT2D eigenvalue weighted by Crippen LogP contribution is -2.25. The molecule has 29 heavy (non-hydrogen) atoms. The first kappa shape index (κ1) is 20.8. The molecule has 1 N–H and O–H groups in total. The van der Waals surface area contributed by atoms with Crippen molar-refractivity contribution in [3.63, 3.8) is 0 Å². The molecule has 1 aromatic carbocycles. The minimum Gasteiger partial charge on any atom is -0.351 e. The fraction of sp³-hybridized carbons (Fsp3) is 0.300. The summed E-state index contributed by atoms with van der Waals surface area (Å²) in [5, 5.41) is 7.35. The highest BCUT2D eigenvalue weighted by Gasteiger charge is 2.20. The predicted molar refractivity (Wildman–Crippen MR) is 107 cm³/mol. The number of carbonyl (C=O) groups is 1. The standard InChI is InChI=1S/C20H20F2N4O2S/c1-10-11(2)25-26(4)20(28)16(10)19-24-12(3)17(29-19)18(27)23-6-5-13-7-14(21)9-15(22)8-13/h7-9H,5-6H2,1-4H3,(H,23,27). The Balaban J connectivity index is 1.78. The Morgan fingerprint density at radius 3 is 2.45 bits per heavy atom. The second-order valence-electron chi connectivity index (χ2n) is 6.73. The number of amides is 1. The molecule has 0 radical (unpaired) electrons. The van der Waals surface area contributed by atoms with E-state index in [1.165, 1.54) is 16.8 Å². The first-order valence-corrected chi connectivity index (χ1v) is 9.74. The van der Waals surface area contributed by atoms with Crippen LogP contribution in [0.5, 0.6) is 0 Å². The van der Waals surface area contributed by atoms with Gasteiger partial charge in [0.25, 0.3) is 11.5 Å². The molecule has 0 bridgehead atoms. The van der Waals surface area contributed by atoms with E-state index in [0.29, 0.717) is 32.4 Å². The molecule has 6 nitrogen and oxygen atoms in total. The molecule has 0 aliphatic rings. The molecule has 3 rings (SSSR count). The van der Waals surface area contributed by atoms with Crippen molar-refractivity contribution in [2.75, 3.05) is 6.54 Å². The van der Waals surface area contributed by atoms with Crippen LogP contribution < -0.4 is 10.9 Å². The van der Waals surface area contributed by atoms with Crippen LogP contribution in [-0.4, -0.2) is 27.2 Å². The summed E-state index contributed by atoms with van der Waals surface area (Å²) in [6, 6.07) is 3.27. The van der Waals surface area contributed by atoms with Crippen LogP contribution in [-0.2, 0) is 13.5 Å². The summed E-state index contributed by atoms with van der Waals surface area (Å²) in [7, 11) is 1.57. The van der Waals surface area contributed by atoms with Gasteiger partial charge in [0.1, 0.15) is 21.5 Å². The molecule has 2 heterocycles. The van der Waals surface area contributed by atoms with Crippen LogP contribution >= 0.6 is 11.3 Å². The van der Waals surface area contributed by atoms with Gasteiger partial charge in [-0.05, 0) is 50.5 Å². The molecular formula is C20H20F2N4O2S. The average Bonchev–Trinajstić information content (AvgIpc) is 3.01. The van der Waals surface area contributed by atoms with E-state index in [0.717, 1.165) is 23.0 Å². The first-order valence-electron chi connectivity index (χ1n) is 8.93. The van der Waals surface area contributed by atoms with E-state index in [1.54, 1.807) is 20.9 Å². The molecule has 152 valence electrons. The summed E-state index contributed by atoms with van der Waals surface area (Å²) in [4.78, 5) is 29.9. The maximum Gasteiger partial charge on any atom is 0.277 e. The maximum atomic E-state index is 13.3. The average molecular weight is 418 g/mol. The van der Waals surface area contributed by atoms with Crippen LogP contribution in [0.4, 0.5) is 8.78 Å². The quantitative estimate of drug-likeness (QED) is 0.691. The van der Waals surface area contributed by atoms with Gasteiger partial charge in [-0.15, -0.1) is 11.3 Å². The van der Waals surface area contributed by atoms with Crippen molar-refractivity contribution >= 4 is 17.2 Å². The minimum absolute atomic E-state index is 0.212. The van der Waals surface area contributed by atoms with Crippen LogP contribution in [0, 0.1) is 32.4 Å². The number of aryl methyl sites for hydroxylation is 3. The fourth-order valence-electron chi connectivity index (χ4n) is 2.97. The number of benzene rings is 1. The number of thiazole rings is 1. The molecule has 0 fully saturated rings. The van der Waals surface area contributed by atoms with E-state index in [-0.39, 0.29) is 24.4 Å². The number of rotatable bonds is 5. The number of nitrogens with zero attached hydrogens (tertiary/aromatic N) is 3. The maximum absolute atomic E-state index is 13.3. The summed E-state index contributed by atoms with van der Waals surface area (Å²) in [5.74, 6) is -1.65. The van der Waals surface area contributed by atoms with Gasteiger partial charge in [-0.2, -0.15) is 5.10 Å². The van der Waals surface area contributed by atoms with E-state index in [4.69, 9.17) is 0 Å². The molecule has 0 saturated heterocycles. The molecule has 0 spiro atoms. The van der Waals surface area contributed by atoms with Crippen molar-refractivity contribution in [2.24, 2.45) is 7.05 Å². The summed E-state index contributed by atoms with van der Waals surface area (Å²) < 4.78 is 27.8. The van der Waals surface area contributed by atoms with Crippen molar-refractivity contribution in [1.82, 2.24) is 20.1 Å². The molecule has 0 atom stereocenters. The second kappa shape index (κ2) is 8.20. The predicted octanol–water partition coefficient (Wildman–Crippen LogP) is 3.08. The van der Waals surface area contributed by atoms with E-state index in [1.807, 2.05) is 6.92 Å². The first-order chi connectivity index (χ1) is 13.7. The monoisotopic (exact) mass is 418 g/mol. The van der Waals surface area contributed by atoms with Gasteiger partial charge in [-0.25, -0.2) is 18.4 Å². The highest BCUT2D eigenvalue weighted by Crippen LogP contribution is 2.28. The number of hydrogen-bond acceptors (Lipinski definition) is 5. The topological polar surface area (TPSA) is 76.9 Å². The third kappa shape index (κ3) is 4.40. The number of halogens is 2. The second-order valence-corrected chi connectivity index (χ2v) is 7.73. The van der Waals surface area contributed by atoms with Gasteiger partial charge < -0.3 is 5.32 Å². The van der Waals surface area contributed by atoms with Gasteiger partial charge >= 0.3 is 0 Å². The van der Waals surface area contributed by atoms with Crippen molar-refractivity contribution < 1.29 is 13.6 Å². The third-order valence-electron chi connectivity index (χ3n) is 4.56. The van der Waals surface area contributed by atoms with Crippen molar-refractivity contribution in [1.29, 1.82) is 0 Å². The largest absolute Gasteiger partial charge is 0.351 e. The zero-order valence-electron chi connectivity index (χ0n) is 16.5. The van der Waals surface area contributed by atoms with Crippen molar-refractivity contribution in [3.8, 4) is 10.6 Å². The van der Waals surface area contributed by atoms with E-state index < -0.39 is 11.6 Å². The molecule has 2 aromatic heterocycles. The van der Waals surface area contributed by atoms with Gasteiger partial charge in [0.2, 0.25) is 0 Å². The smallest absolute Gasteiger partial charge is 0.277 e. The fourth-order valence-corrected chi connectivity index (χ4v) is 4.05. The van der Waals surface area contributed by atoms with Gasteiger partial charge in [0, 0.05) is 19.7 Å². The Hall–Kier alpha value is -2.94. The van der Waals surface area contributed by atoms with Crippen molar-refractivity contribution in [2.45, 2.75) is 27.2 Å². The van der Waals surface area contributed by atoms with E-state index in [2.05, 4.69) is 15.4 Å². The molecule has 0 aliphatic heterocycles. The Kier molecular flexibility index (Phi) is 5.88. The van der Waals surface area contributed by atoms with Gasteiger partial charge in [-0.3, -0.25) is 9.59 Å². The van der Waals surface area contributed by atoms with Gasteiger partial charge in [0.05, 0.1) is 17.0 Å². The lowest BCUT2D eigenvalue weighted by Gasteiger charge is -2.07. The Morgan fingerprint density at radius 1 is 1.14 bits per heavy atom. The van der Waals surface area contributed by atoms with Gasteiger partial charge in [0.15, 0.2) is 0 Å². The van der Waals surface area contributed by atoms with Crippen LogP contribution in [0.25, 0.3) is 10.6 Å². The molecule has 0 aliphatic carbocycles. The van der Waals surface area contributed by atoms with Crippen LogP contribution in [0.2, 0.25) is 0 Å². The number of hydrogen-bond donors (Lipinski definition) is 1. The minimum atomic E-state index is -0.654. The summed E-state index contributed by atoms with van der Waals surface area (Å²) in [6.07, 6.45) is 0.286. The Morgan fingerprint density at radius 2 is 1.79 bits per heavy atom. The summed E-state index contributed by atoms with van der Waals surface area (Å²) in [6.45, 7) is 5.52. The summed E-state index contributed by atoms with van der Waals surface area (Å²) in [5.41, 5.74) is 2.56. The zero-order valence-corrected chi connectivity index (χ0v) is 17.3.